The zero-order valence-electron chi connectivity index (χ0n) is 23.6. The molecular weight excluding hydrogens is 578 g/mol. The van der Waals surface area contributed by atoms with E-state index in [4.69, 9.17) is 11.6 Å². The minimum Gasteiger partial charge on any atom is -0.349 e. The summed E-state index contributed by atoms with van der Waals surface area (Å²) < 4.78 is 30.3. The molecule has 0 bridgehead atoms. The van der Waals surface area contributed by atoms with Crippen molar-refractivity contribution in [1.82, 2.24) is 24.4 Å². The van der Waals surface area contributed by atoms with Crippen LogP contribution in [0, 0.1) is 12.8 Å². The monoisotopic (exact) mass is 608 g/mol. The van der Waals surface area contributed by atoms with Crippen molar-refractivity contribution in [2.45, 2.75) is 64.5 Å². The summed E-state index contributed by atoms with van der Waals surface area (Å²) in [6.45, 7) is 3.07. The van der Waals surface area contributed by atoms with Gasteiger partial charge in [0.1, 0.15) is 11.5 Å². The largest absolute Gasteiger partial charge is 0.349 e. The molecular formula is C31H31ClF2N6O3. The molecule has 2 fully saturated rings. The molecule has 2 amide bonds. The number of carbonyl (C=O) groups is 2. The van der Waals surface area contributed by atoms with E-state index < -0.39 is 18.0 Å². The fraction of sp³-hybridized carbons (Fsp3) is 0.387. The van der Waals surface area contributed by atoms with Crippen molar-refractivity contribution in [3.05, 3.63) is 81.1 Å². The van der Waals surface area contributed by atoms with Crippen LogP contribution in [0.3, 0.4) is 0 Å². The van der Waals surface area contributed by atoms with E-state index in [1.54, 1.807) is 20.2 Å². The van der Waals surface area contributed by atoms with Crippen molar-refractivity contribution < 1.29 is 18.4 Å². The molecule has 12 heteroatoms. The maximum absolute atomic E-state index is 13.9. The lowest BCUT2D eigenvalue weighted by atomic mass is 9.85. The third kappa shape index (κ3) is 5.65. The quantitative estimate of drug-likeness (QED) is 0.294. The number of benzene rings is 1. The van der Waals surface area contributed by atoms with Crippen LogP contribution in [0.1, 0.15) is 66.6 Å². The molecule has 4 heterocycles. The standard InChI is InChI=1S/C31H31ClF2N6O3/c1-18-13-26(38-12-4-7-27(38)41)35-16-25(18)40-24-6-3-2-5-23(24)39(31(40)43)17-19-8-10-21(11-9-19)37-30(42)22-14-20(32)15-36-28(22)29(33)34/h2-3,5-6,13-16,19,21,29H,4,7-12,17H2,1H3,(H,37,42). The number of imidazole rings is 1. The molecule has 9 nitrogen and oxygen atoms in total. The number of alkyl halides is 2. The Balaban J connectivity index is 1.18. The zero-order chi connectivity index (χ0) is 30.2. The number of pyridine rings is 2. The Kier molecular flexibility index (Phi) is 8.00. The van der Waals surface area contributed by atoms with Crippen molar-refractivity contribution in [2.24, 2.45) is 5.92 Å². The van der Waals surface area contributed by atoms with Crippen molar-refractivity contribution >= 4 is 40.3 Å². The van der Waals surface area contributed by atoms with Crippen LogP contribution < -0.4 is 15.9 Å². The van der Waals surface area contributed by atoms with Crippen LogP contribution in [0.4, 0.5) is 14.6 Å². The summed E-state index contributed by atoms with van der Waals surface area (Å²) in [6.07, 6.45) is 4.02. The topological polar surface area (TPSA) is 102 Å². The second-order valence-electron chi connectivity index (χ2n) is 11.3. The molecule has 43 heavy (non-hydrogen) atoms. The first-order chi connectivity index (χ1) is 20.7. The van der Waals surface area contributed by atoms with Crippen LogP contribution in [-0.2, 0) is 11.3 Å². The molecule has 0 atom stereocenters. The summed E-state index contributed by atoms with van der Waals surface area (Å²) in [5.74, 6) is 0.234. The Morgan fingerprint density at radius 1 is 1.07 bits per heavy atom. The Morgan fingerprint density at radius 3 is 2.49 bits per heavy atom. The van der Waals surface area contributed by atoms with Crippen LogP contribution >= 0.6 is 11.6 Å². The minimum absolute atomic E-state index is 0.0575. The Morgan fingerprint density at radius 2 is 1.81 bits per heavy atom. The Labute approximate surface area is 251 Å². The van der Waals surface area contributed by atoms with Crippen molar-refractivity contribution in [3.63, 3.8) is 0 Å². The molecule has 2 aliphatic rings. The van der Waals surface area contributed by atoms with Crippen molar-refractivity contribution in [1.29, 1.82) is 0 Å². The molecule has 1 saturated carbocycles. The number of hydrogen-bond donors (Lipinski definition) is 1. The van der Waals surface area contributed by atoms with E-state index in [1.165, 1.54) is 6.07 Å². The van der Waals surface area contributed by atoms with Crippen molar-refractivity contribution in [3.8, 4) is 5.69 Å². The Bertz CT molecular complexity index is 1760. The Hall–Kier alpha value is -4.12. The van der Waals surface area contributed by atoms with E-state index in [0.717, 1.165) is 42.1 Å². The number of aryl methyl sites for hydroxylation is 1. The number of halogens is 3. The first-order valence-electron chi connectivity index (χ1n) is 14.4. The van der Waals surface area contributed by atoms with Gasteiger partial charge in [-0.3, -0.25) is 28.6 Å². The van der Waals surface area contributed by atoms with Gasteiger partial charge in [-0.2, -0.15) is 0 Å². The second-order valence-corrected chi connectivity index (χ2v) is 11.7. The van der Waals surface area contributed by atoms with E-state index in [0.29, 0.717) is 43.9 Å². The predicted octanol–water partition coefficient (Wildman–Crippen LogP) is 5.60. The summed E-state index contributed by atoms with van der Waals surface area (Å²) in [4.78, 5) is 48.8. The summed E-state index contributed by atoms with van der Waals surface area (Å²) >= 11 is 5.91. The van der Waals surface area contributed by atoms with Crippen LogP contribution in [-0.4, -0.2) is 43.5 Å². The molecule has 0 spiro atoms. The van der Waals surface area contributed by atoms with Gasteiger partial charge in [-0.05, 0) is 74.8 Å². The van der Waals surface area contributed by atoms with E-state index >= 15 is 0 Å². The van der Waals surface area contributed by atoms with Gasteiger partial charge in [-0.15, -0.1) is 0 Å². The normalized spacial score (nSPS) is 19.0. The molecule has 0 unspecified atom stereocenters. The molecule has 224 valence electrons. The van der Waals surface area contributed by atoms with Gasteiger partial charge in [-0.1, -0.05) is 23.7 Å². The van der Waals surface area contributed by atoms with Gasteiger partial charge in [-0.25, -0.2) is 18.6 Å². The molecule has 1 saturated heterocycles. The average Bonchev–Trinajstić information content (AvgIpc) is 3.54. The lowest BCUT2D eigenvalue weighted by molar-refractivity contribution is -0.117. The maximum Gasteiger partial charge on any atom is 0.333 e. The van der Waals surface area contributed by atoms with Gasteiger partial charge >= 0.3 is 5.69 Å². The average molecular weight is 609 g/mol. The van der Waals surface area contributed by atoms with Gasteiger partial charge in [0.05, 0.1) is 33.5 Å². The van der Waals surface area contributed by atoms with Crippen LogP contribution in [0.2, 0.25) is 5.02 Å². The highest BCUT2D eigenvalue weighted by atomic mass is 35.5. The highest BCUT2D eigenvalue weighted by Crippen LogP contribution is 2.30. The number of aromatic nitrogens is 4. The summed E-state index contributed by atoms with van der Waals surface area (Å²) in [5.41, 5.74) is 2.13. The number of amides is 2. The molecule has 3 aromatic heterocycles. The molecule has 1 aliphatic heterocycles. The van der Waals surface area contributed by atoms with Crippen LogP contribution in [0.5, 0.6) is 0 Å². The maximum atomic E-state index is 13.9. The van der Waals surface area contributed by atoms with Gasteiger partial charge < -0.3 is 5.32 Å². The fourth-order valence-electron chi connectivity index (χ4n) is 6.24. The number of hydrogen-bond acceptors (Lipinski definition) is 5. The smallest absolute Gasteiger partial charge is 0.333 e. The minimum atomic E-state index is -2.89. The predicted molar refractivity (Wildman–Crippen MR) is 159 cm³/mol. The van der Waals surface area contributed by atoms with E-state index in [9.17, 15) is 23.2 Å². The van der Waals surface area contributed by atoms with Crippen LogP contribution in [0.25, 0.3) is 16.7 Å². The third-order valence-electron chi connectivity index (χ3n) is 8.45. The van der Waals surface area contributed by atoms with Gasteiger partial charge in [0.15, 0.2) is 0 Å². The van der Waals surface area contributed by atoms with E-state index in [2.05, 4.69) is 15.3 Å². The number of para-hydroxylation sites is 2. The van der Waals surface area contributed by atoms with E-state index in [-0.39, 0.29) is 34.1 Å². The molecule has 4 aromatic rings. The fourth-order valence-corrected chi connectivity index (χ4v) is 6.40. The number of nitrogens with zero attached hydrogens (tertiary/aromatic N) is 5. The molecule has 1 aliphatic carbocycles. The lowest BCUT2D eigenvalue weighted by Crippen LogP contribution is -2.39. The number of carbonyl (C=O) groups excluding carboxylic acids is 2. The number of fused-ring (bicyclic) bond motifs is 1. The molecule has 6 rings (SSSR count). The number of nitrogens with one attached hydrogen (secondary N) is 1. The van der Waals surface area contributed by atoms with Gasteiger partial charge in [0.2, 0.25) is 5.91 Å². The zero-order valence-corrected chi connectivity index (χ0v) is 24.4. The number of rotatable bonds is 7. The van der Waals surface area contributed by atoms with Crippen molar-refractivity contribution in [2.75, 3.05) is 11.4 Å². The van der Waals surface area contributed by atoms with Crippen LogP contribution in [0.15, 0.2) is 53.6 Å². The number of anilines is 1. The summed E-state index contributed by atoms with van der Waals surface area (Å²) in [6, 6.07) is 10.5. The van der Waals surface area contributed by atoms with Gasteiger partial charge in [0.25, 0.3) is 12.3 Å². The highest BCUT2D eigenvalue weighted by Gasteiger charge is 2.28. The molecule has 0 radical (unpaired) electrons. The highest BCUT2D eigenvalue weighted by molar-refractivity contribution is 6.30. The molecule has 1 N–H and O–H groups in total. The summed E-state index contributed by atoms with van der Waals surface area (Å²) in [7, 11) is 0. The molecule has 1 aromatic carbocycles. The SMILES string of the molecule is Cc1cc(N2CCCC2=O)ncc1-n1c(=O)n(CC2CCC(NC(=O)c3cc(Cl)cnc3C(F)F)CC2)c2ccccc21. The van der Waals surface area contributed by atoms with Gasteiger partial charge in [0, 0.05) is 31.7 Å². The van der Waals surface area contributed by atoms with E-state index in [1.807, 2.05) is 37.3 Å². The summed E-state index contributed by atoms with van der Waals surface area (Å²) in [5, 5.41) is 2.98. The lowest BCUT2D eigenvalue weighted by Gasteiger charge is -2.29. The third-order valence-corrected chi connectivity index (χ3v) is 8.66. The first-order valence-corrected chi connectivity index (χ1v) is 14.8. The first kappa shape index (κ1) is 29.0. The second kappa shape index (κ2) is 11.9.